The fraction of sp³-hybridized carbons (Fsp3) is 0.727. The van der Waals surface area contributed by atoms with Crippen molar-refractivity contribution in [1.29, 1.82) is 0 Å². The molecule has 1 fully saturated rings. The first-order chi connectivity index (χ1) is 8.28. The Morgan fingerprint density at radius 3 is 2.76 bits per heavy atom. The second-order valence-corrected chi connectivity index (χ2v) is 4.51. The number of anilines is 1. The monoisotopic (exact) mass is 256 g/mol. The SMILES string of the molecule is CCOc1nc(Cl)nc(NCC2CCCC2)n1. The summed E-state index contributed by atoms with van der Waals surface area (Å²) in [6, 6.07) is 0.279. The summed E-state index contributed by atoms with van der Waals surface area (Å²) in [7, 11) is 0. The van der Waals surface area contributed by atoms with E-state index in [1.807, 2.05) is 6.92 Å². The Balaban J connectivity index is 1.94. The van der Waals surface area contributed by atoms with Crippen LogP contribution in [-0.4, -0.2) is 28.1 Å². The van der Waals surface area contributed by atoms with Crippen LogP contribution in [0.4, 0.5) is 5.95 Å². The third-order valence-corrected chi connectivity index (χ3v) is 3.05. The number of halogens is 1. The van der Waals surface area contributed by atoms with Gasteiger partial charge in [-0.15, -0.1) is 0 Å². The van der Waals surface area contributed by atoms with Crippen LogP contribution in [0.25, 0.3) is 0 Å². The number of nitrogens with one attached hydrogen (secondary N) is 1. The van der Waals surface area contributed by atoms with Gasteiger partial charge in [0.15, 0.2) is 0 Å². The van der Waals surface area contributed by atoms with Crippen molar-refractivity contribution in [2.45, 2.75) is 32.6 Å². The van der Waals surface area contributed by atoms with E-state index in [-0.39, 0.29) is 11.3 Å². The number of hydrogen-bond acceptors (Lipinski definition) is 5. The van der Waals surface area contributed by atoms with Crippen molar-refractivity contribution in [3.63, 3.8) is 0 Å². The Labute approximate surface area is 106 Å². The van der Waals surface area contributed by atoms with Gasteiger partial charge in [0.1, 0.15) is 0 Å². The van der Waals surface area contributed by atoms with Gasteiger partial charge in [0.25, 0.3) is 0 Å². The van der Waals surface area contributed by atoms with E-state index in [2.05, 4.69) is 20.3 Å². The van der Waals surface area contributed by atoms with Crippen LogP contribution in [0.1, 0.15) is 32.6 Å². The van der Waals surface area contributed by atoms with Crippen molar-refractivity contribution >= 4 is 17.5 Å². The highest BCUT2D eigenvalue weighted by Gasteiger charge is 2.15. The van der Waals surface area contributed by atoms with Gasteiger partial charge in [0, 0.05) is 6.54 Å². The lowest BCUT2D eigenvalue weighted by Gasteiger charge is -2.10. The van der Waals surface area contributed by atoms with Gasteiger partial charge in [-0.05, 0) is 37.3 Å². The molecule has 1 aromatic rings. The van der Waals surface area contributed by atoms with E-state index in [1.165, 1.54) is 25.7 Å². The van der Waals surface area contributed by atoms with Gasteiger partial charge >= 0.3 is 6.01 Å². The Kier molecular flexibility index (Phi) is 4.36. The average molecular weight is 257 g/mol. The van der Waals surface area contributed by atoms with Crippen LogP contribution in [0, 0.1) is 5.92 Å². The summed E-state index contributed by atoms with van der Waals surface area (Å²) in [5.41, 5.74) is 0. The fourth-order valence-corrected chi connectivity index (χ4v) is 2.21. The van der Waals surface area contributed by atoms with E-state index >= 15 is 0 Å². The summed E-state index contributed by atoms with van der Waals surface area (Å²) in [6.45, 7) is 3.29. The molecule has 1 heterocycles. The molecule has 0 bridgehead atoms. The molecule has 0 spiro atoms. The largest absolute Gasteiger partial charge is 0.464 e. The molecule has 17 heavy (non-hydrogen) atoms. The number of ether oxygens (including phenoxy) is 1. The van der Waals surface area contributed by atoms with E-state index in [9.17, 15) is 0 Å². The molecule has 6 heteroatoms. The molecule has 0 aliphatic heterocycles. The molecule has 1 aromatic heterocycles. The Morgan fingerprint density at radius 2 is 2.06 bits per heavy atom. The molecule has 1 saturated carbocycles. The molecule has 94 valence electrons. The summed E-state index contributed by atoms with van der Waals surface area (Å²) in [4.78, 5) is 12.1. The molecule has 0 unspecified atom stereocenters. The van der Waals surface area contributed by atoms with Crippen LogP contribution in [-0.2, 0) is 0 Å². The molecule has 1 aliphatic carbocycles. The lowest BCUT2D eigenvalue weighted by molar-refractivity contribution is 0.312. The van der Waals surface area contributed by atoms with Gasteiger partial charge in [-0.1, -0.05) is 12.8 Å². The van der Waals surface area contributed by atoms with Crippen LogP contribution in [0.3, 0.4) is 0 Å². The molecule has 0 atom stereocenters. The zero-order valence-electron chi connectivity index (χ0n) is 9.95. The summed E-state index contributed by atoms with van der Waals surface area (Å²) in [6.07, 6.45) is 5.22. The third-order valence-electron chi connectivity index (χ3n) is 2.88. The van der Waals surface area contributed by atoms with Crippen LogP contribution in [0.2, 0.25) is 5.28 Å². The van der Waals surface area contributed by atoms with Crippen molar-refractivity contribution in [1.82, 2.24) is 15.0 Å². The third kappa shape index (κ3) is 3.70. The van der Waals surface area contributed by atoms with E-state index in [1.54, 1.807) is 0 Å². The minimum absolute atomic E-state index is 0.164. The van der Waals surface area contributed by atoms with E-state index < -0.39 is 0 Å². The zero-order chi connectivity index (χ0) is 12.1. The van der Waals surface area contributed by atoms with E-state index in [0.29, 0.717) is 12.6 Å². The highest BCUT2D eigenvalue weighted by molar-refractivity contribution is 6.28. The van der Waals surface area contributed by atoms with Crippen LogP contribution in [0.5, 0.6) is 6.01 Å². The van der Waals surface area contributed by atoms with Crippen LogP contribution >= 0.6 is 11.6 Å². The molecular weight excluding hydrogens is 240 g/mol. The fourth-order valence-electron chi connectivity index (χ4n) is 2.05. The maximum absolute atomic E-state index is 5.80. The minimum Gasteiger partial charge on any atom is -0.464 e. The molecule has 2 rings (SSSR count). The summed E-state index contributed by atoms with van der Waals surface area (Å²) in [5.74, 6) is 1.22. The number of rotatable bonds is 5. The number of hydrogen-bond donors (Lipinski definition) is 1. The molecule has 0 saturated heterocycles. The van der Waals surface area contributed by atoms with E-state index in [0.717, 1.165) is 12.5 Å². The summed E-state index contributed by atoms with van der Waals surface area (Å²) < 4.78 is 5.21. The Bertz CT molecular complexity index is 368. The van der Waals surface area contributed by atoms with Gasteiger partial charge in [0.05, 0.1) is 6.61 Å². The molecule has 0 aromatic carbocycles. The van der Waals surface area contributed by atoms with Crippen molar-refractivity contribution in [2.24, 2.45) is 5.92 Å². The number of nitrogens with zero attached hydrogens (tertiary/aromatic N) is 3. The van der Waals surface area contributed by atoms with Crippen molar-refractivity contribution in [3.05, 3.63) is 5.28 Å². The molecule has 0 radical (unpaired) electrons. The normalized spacial score (nSPS) is 16.1. The van der Waals surface area contributed by atoms with Gasteiger partial charge in [-0.3, -0.25) is 0 Å². The highest BCUT2D eigenvalue weighted by Crippen LogP contribution is 2.24. The first-order valence-electron chi connectivity index (χ1n) is 6.06. The summed E-state index contributed by atoms with van der Waals surface area (Å²) in [5, 5.41) is 3.36. The lowest BCUT2D eigenvalue weighted by Crippen LogP contribution is -2.14. The predicted octanol–water partition coefficient (Wildman–Crippen LogP) is 2.53. The Hall–Kier alpha value is -1.10. The second kappa shape index (κ2) is 6.00. The van der Waals surface area contributed by atoms with Crippen molar-refractivity contribution < 1.29 is 4.74 Å². The second-order valence-electron chi connectivity index (χ2n) is 4.18. The average Bonchev–Trinajstić information content (AvgIpc) is 2.79. The topological polar surface area (TPSA) is 59.9 Å². The van der Waals surface area contributed by atoms with E-state index in [4.69, 9.17) is 16.3 Å². The number of aromatic nitrogens is 3. The molecule has 0 amide bonds. The first kappa shape index (κ1) is 12.4. The molecule has 1 N–H and O–H groups in total. The van der Waals surface area contributed by atoms with Gasteiger partial charge < -0.3 is 10.1 Å². The predicted molar refractivity (Wildman–Crippen MR) is 66.5 cm³/mol. The van der Waals surface area contributed by atoms with Gasteiger partial charge in [-0.25, -0.2) is 0 Å². The summed E-state index contributed by atoms with van der Waals surface area (Å²) >= 11 is 5.80. The van der Waals surface area contributed by atoms with Gasteiger partial charge in [-0.2, -0.15) is 15.0 Å². The Morgan fingerprint density at radius 1 is 1.29 bits per heavy atom. The first-order valence-corrected chi connectivity index (χ1v) is 6.44. The quantitative estimate of drug-likeness (QED) is 0.877. The molecule has 5 nitrogen and oxygen atoms in total. The van der Waals surface area contributed by atoms with Crippen LogP contribution in [0.15, 0.2) is 0 Å². The standard InChI is InChI=1S/C11H17ClN4O/c1-2-17-11-15-9(12)14-10(16-11)13-7-8-5-3-4-6-8/h8H,2-7H2,1H3,(H,13,14,15,16). The minimum atomic E-state index is 0.164. The van der Waals surface area contributed by atoms with Crippen LogP contribution < -0.4 is 10.1 Å². The molecule has 1 aliphatic rings. The maximum Gasteiger partial charge on any atom is 0.322 e. The van der Waals surface area contributed by atoms with Crippen molar-refractivity contribution in [3.8, 4) is 6.01 Å². The smallest absolute Gasteiger partial charge is 0.322 e. The molecular formula is C11H17ClN4O. The van der Waals surface area contributed by atoms with Gasteiger partial charge in [0.2, 0.25) is 11.2 Å². The zero-order valence-corrected chi connectivity index (χ0v) is 10.7. The van der Waals surface area contributed by atoms with Crippen molar-refractivity contribution in [2.75, 3.05) is 18.5 Å². The highest BCUT2D eigenvalue weighted by atomic mass is 35.5. The maximum atomic E-state index is 5.80. The lowest BCUT2D eigenvalue weighted by atomic mass is 10.1.